The van der Waals surface area contributed by atoms with Gasteiger partial charge in [-0.2, -0.15) is 0 Å². The summed E-state index contributed by atoms with van der Waals surface area (Å²) in [6.07, 6.45) is 0. The van der Waals surface area contributed by atoms with Crippen LogP contribution in [-0.4, -0.2) is 18.7 Å². The van der Waals surface area contributed by atoms with Gasteiger partial charge >= 0.3 is 0 Å². The highest BCUT2D eigenvalue weighted by molar-refractivity contribution is 6.38. The quantitative estimate of drug-likeness (QED) is 0.481. The molecule has 0 aliphatic rings. The molecule has 0 radical (unpaired) electrons. The van der Waals surface area contributed by atoms with E-state index in [9.17, 15) is 4.79 Å². The number of carbonyl (C=O) groups excluding carboxylic acids is 1. The lowest BCUT2D eigenvalue weighted by Gasteiger charge is -2.00. The van der Waals surface area contributed by atoms with Crippen molar-refractivity contribution in [1.82, 2.24) is 0 Å². The molecule has 5 heteroatoms. The lowest BCUT2D eigenvalue weighted by Crippen LogP contribution is -2.05. The van der Waals surface area contributed by atoms with E-state index in [-0.39, 0.29) is 11.6 Å². The highest BCUT2D eigenvalue weighted by Crippen LogP contribution is 2.18. The maximum Gasteiger partial charge on any atom is 0.218 e. The molecule has 2 aromatic rings. The van der Waals surface area contributed by atoms with E-state index in [4.69, 9.17) is 4.74 Å². The zero-order chi connectivity index (χ0) is 15.1. The number of methoxy groups -OCH3 is 1. The lowest BCUT2D eigenvalue weighted by atomic mass is 10.3. The molecule has 0 saturated heterocycles. The Morgan fingerprint density at radius 2 is 1.62 bits per heavy atom. The van der Waals surface area contributed by atoms with E-state index in [0.29, 0.717) is 11.4 Å². The molecule has 0 bridgehead atoms. The summed E-state index contributed by atoms with van der Waals surface area (Å²) in [6.45, 7) is 1.41. The average Bonchev–Trinajstić information content (AvgIpc) is 2.52. The molecule has 0 heterocycles. The molecule has 0 atom stereocenters. The minimum Gasteiger partial charge on any atom is -0.497 e. The molecule has 21 heavy (non-hydrogen) atoms. The summed E-state index contributed by atoms with van der Waals surface area (Å²) in [4.78, 5) is 15.8. The second-order valence-electron chi connectivity index (χ2n) is 4.23. The Morgan fingerprint density at radius 1 is 0.952 bits per heavy atom. The van der Waals surface area contributed by atoms with E-state index in [2.05, 4.69) is 15.2 Å². The number of azo groups is 1. The largest absolute Gasteiger partial charge is 0.497 e. The molecule has 0 aliphatic carbocycles. The second-order valence-corrected chi connectivity index (χ2v) is 4.23. The standard InChI is InChI=1S/C16H15N3O2/c1-12(20)16(19-18-14-6-4-3-5-7-14)17-13-8-10-15(21-2)11-9-13/h3-11H,1-2H3. The fraction of sp³-hybridized carbons (Fsp3) is 0.125. The molecule has 106 valence electrons. The summed E-state index contributed by atoms with van der Waals surface area (Å²) in [5, 5.41) is 7.93. The Labute approximate surface area is 123 Å². The van der Waals surface area contributed by atoms with Crippen molar-refractivity contribution in [1.29, 1.82) is 0 Å². The maximum atomic E-state index is 11.6. The Balaban J connectivity index is 2.23. The number of amidine groups is 1. The Morgan fingerprint density at radius 3 is 2.19 bits per heavy atom. The van der Waals surface area contributed by atoms with Crippen LogP contribution in [0.3, 0.4) is 0 Å². The molecule has 0 spiro atoms. The first-order valence-electron chi connectivity index (χ1n) is 6.39. The molecule has 2 aromatic carbocycles. The van der Waals surface area contributed by atoms with Gasteiger partial charge in [0.25, 0.3) is 0 Å². The number of hydrogen-bond acceptors (Lipinski definition) is 4. The van der Waals surface area contributed by atoms with Gasteiger partial charge in [0.1, 0.15) is 5.75 Å². The third-order valence-electron chi connectivity index (χ3n) is 2.64. The van der Waals surface area contributed by atoms with Crippen LogP contribution in [0.15, 0.2) is 69.8 Å². The molecule has 0 fully saturated rings. The van der Waals surface area contributed by atoms with Crippen LogP contribution >= 0.6 is 0 Å². The van der Waals surface area contributed by atoms with Crippen molar-refractivity contribution in [3.05, 3.63) is 54.6 Å². The molecule has 0 unspecified atom stereocenters. The van der Waals surface area contributed by atoms with Crippen molar-refractivity contribution in [2.75, 3.05) is 7.11 Å². The van der Waals surface area contributed by atoms with Crippen molar-refractivity contribution in [2.45, 2.75) is 6.92 Å². The van der Waals surface area contributed by atoms with Gasteiger partial charge in [-0.1, -0.05) is 18.2 Å². The Bertz CT molecular complexity index is 662. The zero-order valence-electron chi connectivity index (χ0n) is 11.9. The first kappa shape index (κ1) is 14.6. The van der Waals surface area contributed by atoms with Gasteiger partial charge in [0.2, 0.25) is 5.84 Å². The summed E-state index contributed by atoms with van der Waals surface area (Å²) in [5.74, 6) is 0.541. The van der Waals surface area contributed by atoms with Crippen molar-refractivity contribution < 1.29 is 9.53 Å². The van der Waals surface area contributed by atoms with Gasteiger partial charge in [-0.25, -0.2) is 4.99 Å². The fourth-order valence-corrected chi connectivity index (χ4v) is 1.55. The van der Waals surface area contributed by atoms with E-state index < -0.39 is 0 Å². The number of carbonyl (C=O) groups is 1. The summed E-state index contributed by atoms with van der Waals surface area (Å²) in [7, 11) is 1.59. The van der Waals surface area contributed by atoms with Crippen molar-refractivity contribution in [2.24, 2.45) is 15.2 Å². The molecule has 2 rings (SSSR count). The number of ether oxygens (including phenoxy) is 1. The topological polar surface area (TPSA) is 63.4 Å². The van der Waals surface area contributed by atoms with Gasteiger partial charge in [-0.15, -0.1) is 10.2 Å². The van der Waals surface area contributed by atoms with E-state index >= 15 is 0 Å². The predicted molar refractivity (Wildman–Crippen MR) is 81.7 cm³/mol. The SMILES string of the molecule is COc1ccc(N=C(N=Nc2ccccc2)C(C)=O)cc1. The van der Waals surface area contributed by atoms with Gasteiger partial charge < -0.3 is 4.74 Å². The number of hydrogen-bond donors (Lipinski definition) is 0. The van der Waals surface area contributed by atoms with Crippen molar-refractivity contribution in [3.8, 4) is 5.75 Å². The van der Waals surface area contributed by atoms with E-state index in [1.165, 1.54) is 6.92 Å². The van der Waals surface area contributed by atoms with Gasteiger partial charge in [-0.05, 0) is 36.4 Å². The highest BCUT2D eigenvalue weighted by atomic mass is 16.5. The Hall–Kier alpha value is -2.82. The van der Waals surface area contributed by atoms with E-state index in [1.807, 2.05) is 18.2 Å². The highest BCUT2D eigenvalue weighted by Gasteiger charge is 2.05. The molecular formula is C16H15N3O2. The minimum absolute atomic E-state index is 0.0593. The molecule has 0 saturated carbocycles. The van der Waals surface area contributed by atoms with Crippen LogP contribution in [0.1, 0.15) is 6.92 Å². The number of aliphatic imine (C=N–C) groups is 1. The summed E-state index contributed by atoms with van der Waals surface area (Å²) >= 11 is 0. The third kappa shape index (κ3) is 4.35. The molecule has 0 aliphatic heterocycles. The van der Waals surface area contributed by atoms with Crippen LogP contribution in [0, 0.1) is 0 Å². The second kappa shape index (κ2) is 7.09. The van der Waals surface area contributed by atoms with E-state index in [0.717, 1.165) is 5.75 Å². The minimum atomic E-state index is -0.245. The van der Waals surface area contributed by atoms with Gasteiger partial charge in [0.15, 0.2) is 5.78 Å². The lowest BCUT2D eigenvalue weighted by molar-refractivity contribution is -0.111. The normalized spacial score (nSPS) is 11.6. The summed E-state index contributed by atoms with van der Waals surface area (Å²) < 4.78 is 5.07. The molecular weight excluding hydrogens is 266 g/mol. The Kier molecular flexibility index (Phi) is 4.93. The smallest absolute Gasteiger partial charge is 0.218 e. The number of Topliss-reactive ketones (excluding diaryl/α,β-unsaturated/α-hetero) is 1. The first-order chi connectivity index (χ1) is 10.2. The zero-order valence-corrected chi connectivity index (χ0v) is 11.9. The predicted octanol–water partition coefficient (Wildman–Crippen LogP) is 4.10. The summed E-state index contributed by atoms with van der Waals surface area (Å²) in [6, 6.07) is 16.2. The monoisotopic (exact) mass is 281 g/mol. The van der Waals surface area contributed by atoms with E-state index in [1.54, 1.807) is 43.5 Å². The molecule has 0 N–H and O–H groups in total. The van der Waals surface area contributed by atoms with Crippen LogP contribution in [0.4, 0.5) is 11.4 Å². The molecule has 0 amide bonds. The third-order valence-corrected chi connectivity index (χ3v) is 2.64. The van der Waals surface area contributed by atoms with Crippen LogP contribution in [-0.2, 0) is 4.79 Å². The number of benzene rings is 2. The molecule has 5 nitrogen and oxygen atoms in total. The maximum absolute atomic E-state index is 11.6. The van der Waals surface area contributed by atoms with Crippen LogP contribution in [0.25, 0.3) is 0 Å². The molecule has 0 aromatic heterocycles. The van der Waals surface area contributed by atoms with Crippen LogP contribution in [0.2, 0.25) is 0 Å². The van der Waals surface area contributed by atoms with Gasteiger partial charge in [0, 0.05) is 6.92 Å². The number of nitrogens with zero attached hydrogens (tertiary/aromatic N) is 3. The van der Waals surface area contributed by atoms with Crippen LogP contribution in [0.5, 0.6) is 5.75 Å². The first-order valence-corrected chi connectivity index (χ1v) is 6.39. The van der Waals surface area contributed by atoms with Crippen LogP contribution < -0.4 is 4.74 Å². The number of ketones is 1. The van der Waals surface area contributed by atoms with Gasteiger partial charge in [0.05, 0.1) is 18.5 Å². The van der Waals surface area contributed by atoms with Gasteiger partial charge in [-0.3, -0.25) is 4.79 Å². The average molecular weight is 281 g/mol. The van der Waals surface area contributed by atoms with Crippen molar-refractivity contribution >= 4 is 23.0 Å². The number of rotatable bonds is 4. The van der Waals surface area contributed by atoms with Crippen molar-refractivity contribution in [3.63, 3.8) is 0 Å². The fourth-order valence-electron chi connectivity index (χ4n) is 1.55. The summed E-state index contributed by atoms with van der Waals surface area (Å²) in [5.41, 5.74) is 1.29.